The lowest BCUT2D eigenvalue weighted by atomic mass is 9.96. The van der Waals surface area contributed by atoms with Crippen LogP contribution in [-0.2, 0) is 21.2 Å². The van der Waals surface area contributed by atoms with Gasteiger partial charge in [0.2, 0.25) is 15.9 Å². The van der Waals surface area contributed by atoms with Crippen LogP contribution < -0.4 is 10.5 Å². The summed E-state index contributed by atoms with van der Waals surface area (Å²) in [5.41, 5.74) is 6.97. The van der Waals surface area contributed by atoms with E-state index in [0.29, 0.717) is 12.8 Å². The Morgan fingerprint density at radius 2 is 2.00 bits per heavy atom. The predicted octanol–water partition coefficient (Wildman–Crippen LogP) is 1.26. The largest absolute Gasteiger partial charge is 0.338 e. The fourth-order valence-corrected chi connectivity index (χ4v) is 3.89. The van der Waals surface area contributed by atoms with Gasteiger partial charge in [0.15, 0.2) is 0 Å². The van der Waals surface area contributed by atoms with Crippen LogP contribution in [0.4, 0.5) is 0 Å². The van der Waals surface area contributed by atoms with E-state index in [9.17, 15) is 13.2 Å². The van der Waals surface area contributed by atoms with Crippen LogP contribution in [0.15, 0.2) is 29.2 Å². The fraction of sp³-hybridized carbons (Fsp3) is 0.588. The second-order valence-corrected chi connectivity index (χ2v) is 8.25. The van der Waals surface area contributed by atoms with Gasteiger partial charge in [-0.15, -0.1) is 0 Å². The van der Waals surface area contributed by atoms with Gasteiger partial charge >= 0.3 is 0 Å². The lowest BCUT2D eigenvalue weighted by Gasteiger charge is -2.38. The molecule has 1 heterocycles. The number of carbonyl (C=O) groups is 1. The third kappa shape index (κ3) is 4.55. The average molecular weight is 353 g/mol. The van der Waals surface area contributed by atoms with Crippen molar-refractivity contribution in [3.05, 3.63) is 29.8 Å². The van der Waals surface area contributed by atoms with Crippen LogP contribution in [0, 0.1) is 0 Å². The normalized spacial score (nSPS) is 20.0. The summed E-state index contributed by atoms with van der Waals surface area (Å²) in [5.74, 6) is 0.129. The summed E-state index contributed by atoms with van der Waals surface area (Å²) < 4.78 is 25.7. The Morgan fingerprint density at radius 1 is 1.33 bits per heavy atom. The maximum absolute atomic E-state index is 12.5. The van der Waals surface area contributed by atoms with E-state index in [1.807, 2.05) is 11.8 Å². The minimum atomic E-state index is -3.42. The molecule has 24 heavy (non-hydrogen) atoms. The highest BCUT2D eigenvalue weighted by Crippen LogP contribution is 2.20. The number of likely N-dealkylation sites (tertiary alicyclic amines) is 1. The van der Waals surface area contributed by atoms with Gasteiger partial charge in [0, 0.05) is 25.0 Å². The van der Waals surface area contributed by atoms with Gasteiger partial charge in [-0.2, -0.15) is 0 Å². The predicted molar refractivity (Wildman–Crippen MR) is 94.0 cm³/mol. The summed E-state index contributed by atoms with van der Waals surface area (Å²) in [4.78, 5) is 14.7. The number of rotatable bonds is 6. The molecule has 0 aromatic heterocycles. The average Bonchev–Trinajstić information content (AvgIpc) is 2.60. The first-order valence-corrected chi connectivity index (χ1v) is 9.91. The molecule has 1 saturated heterocycles. The van der Waals surface area contributed by atoms with Crippen molar-refractivity contribution >= 4 is 15.9 Å². The molecule has 3 N–H and O–H groups in total. The van der Waals surface area contributed by atoms with E-state index in [2.05, 4.69) is 4.72 Å². The minimum absolute atomic E-state index is 0.0136. The second kappa shape index (κ2) is 8.09. The Kier molecular flexibility index (Phi) is 6.37. The standard InChI is InChI=1S/C17H27N3O3S/c1-13(18)16-5-3-4-12-20(16)17(21)11-8-14-6-9-15(10-7-14)24(22,23)19-2/h6-7,9-10,13,16,19H,3-5,8,11-12,18H2,1-2H3. The first-order chi connectivity index (χ1) is 11.3. The molecule has 0 bridgehead atoms. The van der Waals surface area contributed by atoms with Gasteiger partial charge in [-0.05, 0) is 57.4 Å². The zero-order chi connectivity index (χ0) is 17.7. The number of sulfonamides is 1. The number of nitrogens with zero attached hydrogens (tertiary/aromatic N) is 1. The Balaban J connectivity index is 1.96. The monoisotopic (exact) mass is 353 g/mol. The topological polar surface area (TPSA) is 92.5 Å². The third-order valence-corrected chi connectivity index (χ3v) is 6.04. The van der Waals surface area contributed by atoms with Crippen molar-refractivity contribution in [2.75, 3.05) is 13.6 Å². The molecule has 0 aliphatic carbocycles. The highest BCUT2D eigenvalue weighted by atomic mass is 32.2. The van der Waals surface area contributed by atoms with Gasteiger partial charge < -0.3 is 10.6 Å². The molecular formula is C17H27N3O3S. The molecule has 0 spiro atoms. The second-order valence-electron chi connectivity index (χ2n) is 6.36. The number of carbonyl (C=O) groups excluding carboxylic acids is 1. The van der Waals surface area contributed by atoms with E-state index in [-0.39, 0.29) is 22.9 Å². The van der Waals surface area contributed by atoms with Gasteiger partial charge in [-0.1, -0.05) is 12.1 Å². The third-order valence-electron chi connectivity index (χ3n) is 4.61. The Labute approximate surface area is 144 Å². The van der Waals surface area contributed by atoms with E-state index < -0.39 is 10.0 Å². The Morgan fingerprint density at radius 3 is 2.58 bits per heavy atom. The summed E-state index contributed by atoms with van der Waals surface area (Å²) in [6.45, 7) is 2.74. The number of piperidine rings is 1. The van der Waals surface area contributed by atoms with Crippen LogP contribution in [0.1, 0.15) is 38.2 Å². The van der Waals surface area contributed by atoms with Gasteiger partial charge in [-0.25, -0.2) is 13.1 Å². The molecule has 134 valence electrons. The van der Waals surface area contributed by atoms with Crippen LogP contribution in [0.5, 0.6) is 0 Å². The molecule has 1 aliphatic heterocycles. The molecule has 2 atom stereocenters. The van der Waals surface area contributed by atoms with Gasteiger partial charge in [0.05, 0.1) is 4.90 Å². The van der Waals surface area contributed by atoms with Gasteiger partial charge in [0.25, 0.3) is 0 Å². The van der Waals surface area contributed by atoms with E-state index in [1.165, 1.54) is 7.05 Å². The first kappa shape index (κ1) is 18.9. The number of hydrogen-bond donors (Lipinski definition) is 2. The van der Waals surface area contributed by atoms with E-state index >= 15 is 0 Å². The van der Waals surface area contributed by atoms with E-state index in [4.69, 9.17) is 5.73 Å². The lowest BCUT2D eigenvalue weighted by molar-refractivity contribution is -0.135. The molecular weight excluding hydrogens is 326 g/mol. The molecule has 7 heteroatoms. The van der Waals surface area contributed by atoms with Crippen molar-refractivity contribution in [2.24, 2.45) is 5.73 Å². The van der Waals surface area contributed by atoms with Crippen LogP contribution in [0.25, 0.3) is 0 Å². The molecule has 6 nitrogen and oxygen atoms in total. The molecule has 2 rings (SSSR count). The molecule has 0 radical (unpaired) electrons. The Bertz CT molecular complexity index is 656. The van der Waals surface area contributed by atoms with Crippen molar-refractivity contribution in [3.63, 3.8) is 0 Å². The number of amides is 1. The highest BCUT2D eigenvalue weighted by molar-refractivity contribution is 7.89. The van der Waals surface area contributed by atoms with Crippen molar-refractivity contribution in [3.8, 4) is 0 Å². The number of nitrogens with one attached hydrogen (secondary N) is 1. The van der Waals surface area contributed by atoms with Crippen molar-refractivity contribution in [1.82, 2.24) is 9.62 Å². The molecule has 1 amide bonds. The maximum atomic E-state index is 12.5. The number of hydrogen-bond acceptors (Lipinski definition) is 4. The number of nitrogens with two attached hydrogens (primary N) is 1. The fourth-order valence-electron chi connectivity index (χ4n) is 3.16. The van der Waals surface area contributed by atoms with E-state index in [1.54, 1.807) is 24.3 Å². The highest BCUT2D eigenvalue weighted by Gasteiger charge is 2.28. The smallest absolute Gasteiger partial charge is 0.240 e. The van der Waals surface area contributed by atoms with Crippen LogP contribution in [-0.4, -0.2) is 44.9 Å². The van der Waals surface area contributed by atoms with Crippen molar-refractivity contribution in [2.45, 2.75) is 56.0 Å². The van der Waals surface area contributed by atoms with Crippen molar-refractivity contribution < 1.29 is 13.2 Å². The molecule has 1 aliphatic rings. The zero-order valence-corrected chi connectivity index (χ0v) is 15.2. The molecule has 1 fully saturated rings. The quantitative estimate of drug-likeness (QED) is 0.805. The Hall–Kier alpha value is -1.44. The summed E-state index contributed by atoms with van der Waals surface area (Å²) in [5, 5.41) is 0. The summed E-state index contributed by atoms with van der Waals surface area (Å²) in [6, 6.07) is 6.77. The maximum Gasteiger partial charge on any atom is 0.240 e. The molecule has 1 aromatic rings. The summed E-state index contributed by atoms with van der Waals surface area (Å²) in [6.07, 6.45) is 4.14. The molecule has 2 unspecified atom stereocenters. The number of aryl methyl sites for hydroxylation is 1. The van der Waals surface area contributed by atoms with Crippen molar-refractivity contribution in [1.29, 1.82) is 0 Å². The van der Waals surface area contributed by atoms with Gasteiger partial charge in [-0.3, -0.25) is 4.79 Å². The summed E-state index contributed by atoms with van der Waals surface area (Å²) in [7, 11) is -2.03. The molecule has 0 saturated carbocycles. The summed E-state index contributed by atoms with van der Waals surface area (Å²) >= 11 is 0. The number of benzene rings is 1. The molecule has 1 aromatic carbocycles. The minimum Gasteiger partial charge on any atom is -0.338 e. The zero-order valence-electron chi connectivity index (χ0n) is 14.4. The van der Waals surface area contributed by atoms with Gasteiger partial charge in [0.1, 0.15) is 0 Å². The SMILES string of the molecule is CNS(=O)(=O)c1ccc(CCC(=O)N2CCCCC2C(C)N)cc1. The van der Waals surface area contributed by atoms with Crippen LogP contribution in [0.2, 0.25) is 0 Å². The van der Waals surface area contributed by atoms with Crippen LogP contribution in [0.3, 0.4) is 0 Å². The first-order valence-electron chi connectivity index (χ1n) is 8.42. The van der Waals surface area contributed by atoms with Crippen LogP contribution >= 0.6 is 0 Å². The lowest BCUT2D eigenvalue weighted by Crippen LogP contribution is -2.51. The van der Waals surface area contributed by atoms with E-state index in [0.717, 1.165) is 31.4 Å².